The van der Waals surface area contributed by atoms with Gasteiger partial charge in [-0.3, -0.25) is 9.36 Å². The monoisotopic (exact) mass is 332 g/mol. The highest BCUT2D eigenvalue weighted by molar-refractivity contribution is 6.00. The fraction of sp³-hybridized carbons (Fsp3) is 0.105. The van der Waals surface area contributed by atoms with E-state index >= 15 is 0 Å². The first kappa shape index (κ1) is 15.1. The topological polar surface area (TPSA) is 72.4 Å². The lowest BCUT2D eigenvalue weighted by atomic mass is 10.2. The zero-order valence-corrected chi connectivity index (χ0v) is 13.9. The lowest BCUT2D eigenvalue weighted by molar-refractivity contribution is 0.604. The van der Waals surface area contributed by atoms with Crippen molar-refractivity contribution in [1.29, 1.82) is 0 Å². The number of hydrogen-bond acceptors (Lipinski definition) is 5. The van der Waals surface area contributed by atoms with Gasteiger partial charge in [0.05, 0.1) is 10.9 Å². The first-order valence-corrected chi connectivity index (χ1v) is 7.88. The van der Waals surface area contributed by atoms with Gasteiger partial charge in [0.15, 0.2) is 5.76 Å². The molecule has 0 aliphatic carbocycles. The molecule has 124 valence electrons. The van der Waals surface area contributed by atoms with Gasteiger partial charge in [0.25, 0.3) is 5.56 Å². The van der Waals surface area contributed by atoms with Crippen LogP contribution in [-0.2, 0) is 7.05 Å². The van der Waals surface area contributed by atoms with E-state index in [2.05, 4.69) is 15.5 Å². The number of fused-ring (bicyclic) bond motifs is 2. The molecule has 0 atom stereocenters. The summed E-state index contributed by atoms with van der Waals surface area (Å²) < 4.78 is 7.22. The highest BCUT2D eigenvalue weighted by atomic mass is 16.3. The number of nitrogens with one attached hydrogen (secondary N) is 1. The molecule has 2 aromatic heterocycles. The molecule has 0 spiro atoms. The highest BCUT2D eigenvalue weighted by Gasteiger charge is 2.09. The molecule has 6 heteroatoms. The molecule has 25 heavy (non-hydrogen) atoms. The molecule has 0 amide bonds. The van der Waals surface area contributed by atoms with Crippen molar-refractivity contribution >= 4 is 33.5 Å². The van der Waals surface area contributed by atoms with E-state index in [1.807, 2.05) is 49.4 Å². The van der Waals surface area contributed by atoms with E-state index < -0.39 is 0 Å². The fourth-order valence-corrected chi connectivity index (χ4v) is 2.67. The molecular formula is C19H16N4O2. The van der Waals surface area contributed by atoms with Crippen LogP contribution in [0.5, 0.6) is 0 Å². The Labute approximate surface area is 143 Å². The van der Waals surface area contributed by atoms with Crippen molar-refractivity contribution in [3.8, 4) is 0 Å². The second-order valence-corrected chi connectivity index (χ2v) is 5.77. The number of nitrogens with zero attached hydrogens (tertiary/aromatic N) is 3. The van der Waals surface area contributed by atoms with Crippen molar-refractivity contribution in [2.75, 3.05) is 5.43 Å². The Morgan fingerprint density at radius 2 is 1.92 bits per heavy atom. The average Bonchev–Trinajstić information content (AvgIpc) is 3.07. The third kappa shape index (κ3) is 2.67. The molecule has 1 N–H and O–H groups in total. The number of hydrazone groups is 1. The third-order valence-electron chi connectivity index (χ3n) is 4.09. The standard InChI is InChI=1S/C19H16N4O2/c1-12(17-11-13-7-3-6-10-16(13)25-17)21-22-19-20-15-9-5-4-8-14(15)18(24)23(19)2/h3-11H,1-2H3,(H,20,22). The summed E-state index contributed by atoms with van der Waals surface area (Å²) in [5, 5.41) is 5.91. The summed E-state index contributed by atoms with van der Waals surface area (Å²) in [6.45, 7) is 1.84. The number of anilines is 1. The van der Waals surface area contributed by atoms with Crippen molar-refractivity contribution in [3.05, 3.63) is 70.7 Å². The van der Waals surface area contributed by atoms with Crippen LogP contribution in [-0.4, -0.2) is 15.3 Å². The second kappa shape index (κ2) is 5.90. The predicted molar refractivity (Wildman–Crippen MR) is 99.0 cm³/mol. The lowest BCUT2D eigenvalue weighted by Gasteiger charge is -2.08. The Balaban J connectivity index is 1.70. The number of para-hydroxylation sites is 2. The fourth-order valence-electron chi connectivity index (χ4n) is 2.67. The van der Waals surface area contributed by atoms with Gasteiger partial charge in [0.2, 0.25) is 5.95 Å². The molecule has 4 rings (SSSR count). The quantitative estimate of drug-likeness (QED) is 0.460. The van der Waals surface area contributed by atoms with Crippen molar-refractivity contribution in [3.63, 3.8) is 0 Å². The summed E-state index contributed by atoms with van der Waals surface area (Å²) in [5.74, 6) is 1.04. The summed E-state index contributed by atoms with van der Waals surface area (Å²) in [6.07, 6.45) is 0. The van der Waals surface area contributed by atoms with Gasteiger partial charge in [-0.05, 0) is 31.2 Å². The molecule has 0 aliphatic rings. The van der Waals surface area contributed by atoms with E-state index in [-0.39, 0.29) is 5.56 Å². The van der Waals surface area contributed by atoms with Crippen LogP contribution in [0.1, 0.15) is 12.7 Å². The van der Waals surface area contributed by atoms with Crippen molar-refractivity contribution in [2.24, 2.45) is 12.1 Å². The zero-order valence-electron chi connectivity index (χ0n) is 13.9. The molecule has 0 radical (unpaired) electrons. The van der Waals surface area contributed by atoms with E-state index in [4.69, 9.17) is 4.42 Å². The smallest absolute Gasteiger partial charge is 0.262 e. The van der Waals surface area contributed by atoms with Gasteiger partial charge in [0.1, 0.15) is 11.3 Å². The lowest BCUT2D eigenvalue weighted by Crippen LogP contribution is -2.21. The van der Waals surface area contributed by atoms with Crippen LogP contribution in [0.25, 0.3) is 21.9 Å². The Bertz CT molecular complexity index is 1140. The van der Waals surface area contributed by atoms with Crippen LogP contribution < -0.4 is 11.0 Å². The maximum atomic E-state index is 12.4. The minimum absolute atomic E-state index is 0.121. The normalized spacial score (nSPS) is 12.0. The van der Waals surface area contributed by atoms with E-state index in [0.29, 0.717) is 28.3 Å². The van der Waals surface area contributed by atoms with E-state index in [1.165, 1.54) is 4.57 Å². The molecule has 0 aliphatic heterocycles. The summed E-state index contributed by atoms with van der Waals surface area (Å²) in [4.78, 5) is 16.9. The number of benzene rings is 2. The van der Waals surface area contributed by atoms with Crippen LogP contribution in [0.2, 0.25) is 0 Å². The zero-order chi connectivity index (χ0) is 17.4. The average molecular weight is 332 g/mol. The molecule has 0 saturated heterocycles. The number of rotatable bonds is 3. The van der Waals surface area contributed by atoms with Crippen molar-refractivity contribution < 1.29 is 4.42 Å². The number of furan rings is 1. The molecule has 0 bridgehead atoms. The van der Waals surface area contributed by atoms with Crippen LogP contribution in [0.15, 0.2) is 68.9 Å². The van der Waals surface area contributed by atoms with Gasteiger partial charge in [0, 0.05) is 12.4 Å². The van der Waals surface area contributed by atoms with Crippen LogP contribution in [0.3, 0.4) is 0 Å². The predicted octanol–water partition coefficient (Wildman–Crippen LogP) is 3.52. The summed E-state index contributed by atoms with van der Waals surface area (Å²) >= 11 is 0. The van der Waals surface area contributed by atoms with Crippen molar-refractivity contribution in [2.45, 2.75) is 6.92 Å². The Morgan fingerprint density at radius 1 is 1.16 bits per heavy atom. The first-order valence-electron chi connectivity index (χ1n) is 7.88. The van der Waals surface area contributed by atoms with E-state index in [0.717, 1.165) is 11.0 Å². The Hall–Kier alpha value is -3.41. The number of hydrogen-bond donors (Lipinski definition) is 1. The van der Waals surface area contributed by atoms with E-state index in [1.54, 1.807) is 19.2 Å². The van der Waals surface area contributed by atoms with Gasteiger partial charge < -0.3 is 4.42 Å². The van der Waals surface area contributed by atoms with Gasteiger partial charge in [-0.15, -0.1) is 0 Å². The van der Waals surface area contributed by atoms with Gasteiger partial charge in [-0.25, -0.2) is 10.4 Å². The second-order valence-electron chi connectivity index (χ2n) is 5.77. The molecule has 2 aromatic carbocycles. The maximum Gasteiger partial charge on any atom is 0.262 e. The van der Waals surface area contributed by atoms with Crippen LogP contribution in [0, 0.1) is 0 Å². The molecule has 2 heterocycles. The molecule has 0 unspecified atom stereocenters. The van der Waals surface area contributed by atoms with Crippen LogP contribution in [0.4, 0.5) is 5.95 Å². The summed E-state index contributed by atoms with van der Waals surface area (Å²) in [5.41, 5.74) is 4.85. The Kier molecular flexibility index (Phi) is 3.57. The molecule has 0 fully saturated rings. The minimum Gasteiger partial charge on any atom is -0.455 e. The van der Waals surface area contributed by atoms with Gasteiger partial charge in [-0.2, -0.15) is 5.10 Å². The highest BCUT2D eigenvalue weighted by Crippen LogP contribution is 2.19. The largest absolute Gasteiger partial charge is 0.455 e. The van der Waals surface area contributed by atoms with Crippen LogP contribution >= 0.6 is 0 Å². The first-order chi connectivity index (χ1) is 12.1. The van der Waals surface area contributed by atoms with Crippen molar-refractivity contribution in [1.82, 2.24) is 9.55 Å². The minimum atomic E-state index is -0.121. The van der Waals surface area contributed by atoms with E-state index in [9.17, 15) is 4.79 Å². The Morgan fingerprint density at radius 3 is 2.76 bits per heavy atom. The molecule has 6 nitrogen and oxygen atoms in total. The number of aromatic nitrogens is 2. The van der Waals surface area contributed by atoms with Gasteiger partial charge >= 0.3 is 0 Å². The van der Waals surface area contributed by atoms with Gasteiger partial charge in [-0.1, -0.05) is 30.3 Å². The molecular weight excluding hydrogens is 316 g/mol. The molecule has 0 saturated carbocycles. The molecule has 4 aromatic rings. The SMILES string of the molecule is CC(=NNc1nc2ccccc2c(=O)n1C)c1cc2ccccc2o1. The summed E-state index contributed by atoms with van der Waals surface area (Å²) in [7, 11) is 1.66. The summed E-state index contributed by atoms with van der Waals surface area (Å²) in [6, 6.07) is 16.9. The third-order valence-corrected chi connectivity index (χ3v) is 4.09. The maximum absolute atomic E-state index is 12.4.